The maximum Gasteiger partial charge on any atom is 0.264 e. The highest BCUT2D eigenvalue weighted by atomic mass is 35.5. The molecule has 0 spiro atoms. The number of carbonyl (C=O) groups excluding carboxylic acids is 1. The first-order chi connectivity index (χ1) is 16.2. The Bertz CT molecular complexity index is 1250. The Labute approximate surface area is 197 Å². The second kappa shape index (κ2) is 8.19. The minimum Gasteiger partial charge on any atom is -0.479 e. The zero-order valence-electron chi connectivity index (χ0n) is 18.1. The number of fused-ring (bicyclic) bond motifs is 2. The second-order valence-electron chi connectivity index (χ2n) is 8.60. The maximum absolute atomic E-state index is 13.3. The molecular weight excluding hydrogens is 436 g/mol. The topological polar surface area (TPSA) is 58.6 Å². The fraction of sp³-hybridized carbons (Fsp3) is 0.269. The first-order valence-corrected chi connectivity index (χ1v) is 11.6. The highest BCUT2D eigenvalue weighted by Crippen LogP contribution is 2.43. The summed E-state index contributed by atoms with van der Waals surface area (Å²) in [5.41, 5.74) is 6.21. The highest BCUT2D eigenvalue weighted by molar-refractivity contribution is 6.31. The number of allylic oxidation sites excluding steroid dienone is 1. The number of aromatic nitrogens is 2. The molecule has 4 heterocycles. The third-order valence-corrected chi connectivity index (χ3v) is 6.85. The van der Waals surface area contributed by atoms with E-state index in [4.69, 9.17) is 16.3 Å². The zero-order valence-corrected chi connectivity index (χ0v) is 18.8. The number of rotatable bonds is 3. The van der Waals surface area contributed by atoms with Crippen molar-refractivity contribution in [2.24, 2.45) is 0 Å². The number of pyridine rings is 2. The van der Waals surface area contributed by atoms with E-state index in [2.05, 4.69) is 33.1 Å². The predicted molar refractivity (Wildman–Crippen MR) is 129 cm³/mol. The predicted octanol–water partition coefficient (Wildman–Crippen LogP) is 4.02. The Morgan fingerprint density at radius 2 is 1.97 bits per heavy atom. The van der Waals surface area contributed by atoms with Gasteiger partial charge < -0.3 is 14.5 Å². The van der Waals surface area contributed by atoms with E-state index in [1.54, 1.807) is 6.20 Å². The van der Waals surface area contributed by atoms with Gasteiger partial charge in [-0.1, -0.05) is 23.8 Å². The van der Waals surface area contributed by atoms with Gasteiger partial charge in [-0.25, -0.2) is 0 Å². The summed E-state index contributed by atoms with van der Waals surface area (Å²) < 4.78 is 6.32. The molecule has 0 radical (unpaired) electrons. The van der Waals surface area contributed by atoms with Crippen molar-refractivity contribution in [2.45, 2.75) is 18.9 Å². The Balaban J connectivity index is 1.21. The Kier molecular flexibility index (Phi) is 5.03. The summed E-state index contributed by atoms with van der Waals surface area (Å²) in [7, 11) is 0. The number of hydrogen-bond donors (Lipinski definition) is 0. The molecule has 3 aromatic rings. The van der Waals surface area contributed by atoms with Crippen molar-refractivity contribution < 1.29 is 9.53 Å². The van der Waals surface area contributed by atoms with E-state index in [9.17, 15) is 4.79 Å². The fourth-order valence-electron chi connectivity index (χ4n) is 4.98. The van der Waals surface area contributed by atoms with Crippen molar-refractivity contribution in [1.82, 2.24) is 14.9 Å². The normalized spacial score (nSPS) is 18.8. The summed E-state index contributed by atoms with van der Waals surface area (Å²) in [6.45, 7) is 2.90. The van der Waals surface area contributed by atoms with Crippen molar-refractivity contribution in [3.63, 3.8) is 0 Å². The first-order valence-electron chi connectivity index (χ1n) is 11.2. The molecule has 6 nitrogen and oxygen atoms in total. The molecule has 0 saturated carbocycles. The lowest BCUT2D eigenvalue weighted by Crippen LogP contribution is -2.52. The van der Waals surface area contributed by atoms with Crippen LogP contribution in [0.4, 0.5) is 5.69 Å². The Morgan fingerprint density at radius 1 is 1.09 bits per heavy atom. The number of carbonyl (C=O) groups is 1. The monoisotopic (exact) mass is 458 g/mol. The van der Waals surface area contributed by atoms with Crippen LogP contribution in [0.1, 0.15) is 16.8 Å². The molecule has 1 atom stereocenters. The molecule has 6 rings (SSSR count). The number of hydrogen-bond acceptors (Lipinski definition) is 5. The van der Waals surface area contributed by atoms with Gasteiger partial charge in [-0.3, -0.25) is 14.8 Å². The molecule has 1 amide bonds. The van der Waals surface area contributed by atoms with Gasteiger partial charge in [0.2, 0.25) is 0 Å². The lowest BCUT2D eigenvalue weighted by atomic mass is 9.97. The summed E-state index contributed by atoms with van der Waals surface area (Å²) >= 11 is 6.48. The van der Waals surface area contributed by atoms with E-state index in [1.807, 2.05) is 41.6 Å². The molecule has 1 aromatic carbocycles. The number of nitrogens with zero attached hydrogens (tertiary/aromatic N) is 4. The fourth-order valence-corrected chi connectivity index (χ4v) is 5.22. The van der Waals surface area contributed by atoms with Crippen LogP contribution in [0.15, 0.2) is 55.0 Å². The van der Waals surface area contributed by atoms with Crippen LogP contribution in [0.3, 0.4) is 0 Å². The largest absolute Gasteiger partial charge is 0.479 e. The van der Waals surface area contributed by atoms with E-state index < -0.39 is 6.10 Å². The van der Waals surface area contributed by atoms with Crippen LogP contribution >= 0.6 is 11.6 Å². The molecule has 33 heavy (non-hydrogen) atoms. The third kappa shape index (κ3) is 3.64. The van der Waals surface area contributed by atoms with Crippen molar-refractivity contribution in [3.05, 3.63) is 76.8 Å². The van der Waals surface area contributed by atoms with Crippen molar-refractivity contribution in [1.29, 1.82) is 0 Å². The van der Waals surface area contributed by atoms with Crippen molar-refractivity contribution in [3.8, 4) is 16.9 Å². The van der Waals surface area contributed by atoms with Crippen molar-refractivity contribution in [2.75, 3.05) is 31.1 Å². The summed E-state index contributed by atoms with van der Waals surface area (Å²) in [4.78, 5) is 26.2. The van der Waals surface area contributed by atoms with Crippen LogP contribution in [-0.4, -0.2) is 53.1 Å². The summed E-state index contributed by atoms with van der Waals surface area (Å²) in [5, 5.41) is 0.651. The van der Waals surface area contributed by atoms with Gasteiger partial charge in [0.15, 0.2) is 6.10 Å². The minimum atomic E-state index is -0.521. The van der Waals surface area contributed by atoms with Crippen LogP contribution in [-0.2, 0) is 17.6 Å². The Hall–Kier alpha value is -3.38. The second-order valence-corrected chi connectivity index (χ2v) is 9.04. The van der Waals surface area contributed by atoms with Gasteiger partial charge in [0.1, 0.15) is 5.75 Å². The molecule has 166 valence electrons. The van der Waals surface area contributed by atoms with Crippen LogP contribution in [0.25, 0.3) is 17.2 Å². The van der Waals surface area contributed by atoms with Gasteiger partial charge in [0.25, 0.3) is 5.91 Å². The molecule has 3 aliphatic rings. The Morgan fingerprint density at radius 3 is 2.79 bits per heavy atom. The lowest BCUT2D eigenvalue weighted by molar-refractivity contribution is -0.138. The molecule has 2 aliphatic heterocycles. The van der Waals surface area contributed by atoms with E-state index >= 15 is 0 Å². The number of ether oxygens (including phenoxy) is 1. The summed E-state index contributed by atoms with van der Waals surface area (Å²) in [6, 6.07) is 9.84. The van der Waals surface area contributed by atoms with Gasteiger partial charge in [-0.05, 0) is 35.9 Å². The van der Waals surface area contributed by atoms with Gasteiger partial charge in [-0.2, -0.15) is 0 Å². The molecule has 1 saturated heterocycles. The van der Waals surface area contributed by atoms with Crippen LogP contribution in [0.2, 0.25) is 5.02 Å². The van der Waals surface area contributed by atoms with Gasteiger partial charge in [-0.15, -0.1) is 0 Å². The number of halogens is 1. The number of anilines is 1. The third-order valence-electron chi connectivity index (χ3n) is 6.63. The van der Waals surface area contributed by atoms with E-state index in [1.165, 1.54) is 0 Å². The zero-order chi connectivity index (χ0) is 22.4. The average Bonchev–Trinajstić information content (AvgIpc) is 3.51. The molecule has 1 aliphatic carbocycles. The smallest absolute Gasteiger partial charge is 0.264 e. The van der Waals surface area contributed by atoms with Crippen LogP contribution in [0, 0.1) is 0 Å². The number of benzene rings is 1. The van der Waals surface area contributed by atoms with Crippen molar-refractivity contribution >= 4 is 29.3 Å². The van der Waals surface area contributed by atoms with Gasteiger partial charge in [0, 0.05) is 73.1 Å². The molecular formula is C26H23ClN4O2. The van der Waals surface area contributed by atoms with Gasteiger partial charge >= 0.3 is 0 Å². The van der Waals surface area contributed by atoms with E-state index in [0.29, 0.717) is 24.5 Å². The van der Waals surface area contributed by atoms with Gasteiger partial charge in [0.05, 0.1) is 17.6 Å². The SMILES string of the molecule is O=C(C1Cc2cc(Cl)cc(-c3ccnc4c3C=CC4)c2O1)N1CCN(c2cccnc2)CC1. The van der Waals surface area contributed by atoms with Crippen LogP contribution in [0.5, 0.6) is 5.75 Å². The summed E-state index contributed by atoms with van der Waals surface area (Å²) in [5.74, 6) is 0.805. The molecule has 1 unspecified atom stereocenters. The first kappa shape index (κ1) is 20.2. The molecule has 0 bridgehead atoms. The number of amides is 1. The highest BCUT2D eigenvalue weighted by Gasteiger charge is 2.36. The molecule has 1 fully saturated rings. The molecule has 2 aromatic heterocycles. The average molecular weight is 459 g/mol. The summed E-state index contributed by atoms with van der Waals surface area (Å²) in [6.07, 6.45) is 10.5. The standard InChI is InChI=1S/C26H23ClN4O2/c27-18-13-17-14-24(26(32)31-11-9-30(10-12-31)19-3-2-7-28-16-19)33-25(17)22(15-18)20-6-8-29-23-5-1-4-21(20)23/h1-4,6-8,13,15-16,24H,5,9-12,14H2. The van der Waals surface area contributed by atoms with Crippen LogP contribution < -0.4 is 9.64 Å². The molecule has 7 heteroatoms. The number of piperazine rings is 1. The minimum absolute atomic E-state index is 0.0407. The van der Waals surface area contributed by atoms with E-state index in [-0.39, 0.29) is 5.91 Å². The lowest BCUT2D eigenvalue weighted by Gasteiger charge is -2.36. The quantitative estimate of drug-likeness (QED) is 0.593. The van der Waals surface area contributed by atoms with E-state index in [0.717, 1.165) is 58.9 Å². The maximum atomic E-state index is 13.3. The molecule has 0 N–H and O–H groups in total.